The maximum absolute atomic E-state index is 13.7. The van der Waals surface area contributed by atoms with Crippen LogP contribution < -0.4 is 4.90 Å². The van der Waals surface area contributed by atoms with Crippen molar-refractivity contribution in [2.45, 2.75) is 6.18 Å². The maximum atomic E-state index is 13.7. The fraction of sp³-hybridized carbons (Fsp3) is 0.375. The summed E-state index contributed by atoms with van der Waals surface area (Å²) in [5.74, 6) is 0.438. The fourth-order valence-corrected chi connectivity index (χ4v) is 3.51. The molecule has 0 spiro atoms. The minimum Gasteiger partial charge on any atom is -0.351 e. The van der Waals surface area contributed by atoms with Gasteiger partial charge in [-0.2, -0.15) is 18.4 Å². The van der Waals surface area contributed by atoms with Gasteiger partial charge in [-0.05, 0) is 24.4 Å². The smallest absolute Gasteiger partial charge is 0.351 e. The molecule has 0 bridgehead atoms. The lowest BCUT2D eigenvalue weighted by molar-refractivity contribution is -0.137. The van der Waals surface area contributed by atoms with E-state index < -0.39 is 11.7 Å². The number of H-pyrrole nitrogens is 1. The third-order valence-electron chi connectivity index (χ3n) is 5.04. The standard InChI is InChI=1S/C16H15F3N10/c1-27-2-4-28(5-3-27)14-15-24-20-8-29(15)12-7-10(16(17,18)19)9(6-11(12)21-14)13-22-25-26-23-13/h6-8H,2-5H2,1H3,(H,22,23,25,26). The molecular weight excluding hydrogens is 389 g/mol. The molecule has 0 aliphatic carbocycles. The number of aromatic nitrogens is 8. The van der Waals surface area contributed by atoms with Gasteiger partial charge in [-0.3, -0.25) is 4.40 Å². The minimum absolute atomic E-state index is 0.147. The van der Waals surface area contributed by atoms with Gasteiger partial charge in [-0.1, -0.05) is 0 Å². The Labute approximate surface area is 161 Å². The molecule has 0 saturated carbocycles. The molecule has 1 fully saturated rings. The van der Waals surface area contributed by atoms with Gasteiger partial charge in [-0.15, -0.1) is 20.4 Å². The van der Waals surface area contributed by atoms with Gasteiger partial charge in [0.15, 0.2) is 5.82 Å². The van der Waals surface area contributed by atoms with E-state index in [0.29, 0.717) is 17.0 Å². The maximum Gasteiger partial charge on any atom is 0.417 e. The molecule has 0 unspecified atom stereocenters. The van der Waals surface area contributed by atoms with Crippen molar-refractivity contribution < 1.29 is 13.2 Å². The SMILES string of the molecule is CN1CCN(c2nc3cc(-c4nn[nH]n4)c(C(F)(F)F)cc3n3cnnc23)CC1. The summed E-state index contributed by atoms with van der Waals surface area (Å²) in [5.41, 5.74) is -0.0393. The van der Waals surface area contributed by atoms with E-state index in [1.165, 1.54) is 16.8 Å². The Kier molecular flexibility index (Phi) is 3.87. The van der Waals surface area contributed by atoms with Crippen LogP contribution in [-0.2, 0) is 6.18 Å². The number of rotatable bonds is 2. The number of halogens is 3. The molecule has 29 heavy (non-hydrogen) atoms. The number of aromatic amines is 1. The molecule has 1 N–H and O–H groups in total. The molecule has 4 aromatic rings. The summed E-state index contributed by atoms with van der Waals surface area (Å²) in [7, 11) is 2.04. The lowest BCUT2D eigenvalue weighted by Crippen LogP contribution is -2.45. The van der Waals surface area contributed by atoms with E-state index in [4.69, 9.17) is 0 Å². The minimum atomic E-state index is -4.61. The molecule has 1 aliphatic heterocycles. The molecule has 0 amide bonds. The van der Waals surface area contributed by atoms with Gasteiger partial charge in [0.1, 0.15) is 6.33 Å². The first-order valence-corrected chi connectivity index (χ1v) is 8.84. The molecule has 10 nitrogen and oxygen atoms in total. The molecule has 1 aromatic carbocycles. The summed E-state index contributed by atoms with van der Waals surface area (Å²) in [5, 5.41) is 21.0. The molecule has 1 aliphatic rings. The first-order valence-electron chi connectivity index (χ1n) is 8.84. The normalized spacial score (nSPS) is 16.2. The van der Waals surface area contributed by atoms with Gasteiger partial charge in [0, 0.05) is 31.7 Å². The van der Waals surface area contributed by atoms with Crippen LogP contribution in [0.3, 0.4) is 0 Å². The Morgan fingerprint density at radius 3 is 2.55 bits per heavy atom. The molecule has 13 heteroatoms. The first-order chi connectivity index (χ1) is 13.9. The summed E-state index contributed by atoms with van der Waals surface area (Å²) in [6.07, 6.45) is -3.21. The van der Waals surface area contributed by atoms with Gasteiger partial charge in [0.25, 0.3) is 0 Å². The third kappa shape index (κ3) is 2.93. The number of anilines is 1. The van der Waals surface area contributed by atoms with Crippen LogP contribution in [0.5, 0.6) is 0 Å². The molecule has 0 radical (unpaired) electrons. The van der Waals surface area contributed by atoms with E-state index in [9.17, 15) is 13.2 Å². The zero-order chi connectivity index (χ0) is 20.2. The summed E-state index contributed by atoms with van der Waals surface area (Å²) in [4.78, 5) is 8.91. The summed E-state index contributed by atoms with van der Waals surface area (Å²) in [6.45, 7) is 3.16. The number of fused-ring (bicyclic) bond motifs is 3. The van der Waals surface area contributed by atoms with Gasteiger partial charge < -0.3 is 9.80 Å². The first kappa shape index (κ1) is 17.7. The molecule has 5 rings (SSSR count). The lowest BCUT2D eigenvalue weighted by atomic mass is 10.0. The second kappa shape index (κ2) is 6.34. The second-order valence-corrected chi connectivity index (χ2v) is 6.87. The van der Waals surface area contributed by atoms with Crippen molar-refractivity contribution in [3.8, 4) is 11.4 Å². The zero-order valence-electron chi connectivity index (χ0n) is 15.2. The van der Waals surface area contributed by atoms with E-state index in [1.807, 2.05) is 7.05 Å². The van der Waals surface area contributed by atoms with Crippen molar-refractivity contribution in [1.82, 2.24) is 45.1 Å². The fourth-order valence-electron chi connectivity index (χ4n) is 3.51. The van der Waals surface area contributed by atoms with Crippen molar-refractivity contribution in [1.29, 1.82) is 0 Å². The highest BCUT2D eigenvalue weighted by Crippen LogP contribution is 2.38. The number of nitrogens with zero attached hydrogens (tertiary/aromatic N) is 9. The van der Waals surface area contributed by atoms with Crippen LogP contribution in [-0.4, -0.2) is 78.3 Å². The largest absolute Gasteiger partial charge is 0.417 e. The number of alkyl halides is 3. The summed E-state index contributed by atoms with van der Waals surface area (Å²) >= 11 is 0. The summed E-state index contributed by atoms with van der Waals surface area (Å²) in [6, 6.07) is 2.36. The number of benzene rings is 1. The number of hydrogen-bond acceptors (Lipinski definition) is 8. The van der Waals surface area contributed by atoms with E-state index in [2.05, 4.69) is 45.6 Å². The Morgan fingerprint density at radius 1 is 1.07 bits per heavy atom. The Hall–Kier alpha value is -3.35. The Balaban J connectivity index is 1.77. The van der Waals surface area contributed by atoms with Crippen molar-refractivity contribution in [2.75, 3.05) is 38.1 Å². The van der Waals surface area contributed by atoms with Gasteiger partial charge in [0.05, 0.1) is 16.6 Å². The van der Waals surface area contributed by atoms with Crippen LogP contribution in [0.4, 0.5) is 19.0 Å². The Morgan fingerprint density at radius 2 is 1.86 bits per heavy atom. The van der Waals surface area contributed by atoms with Gasteiger partial charge in [0.2, 0.25) is 11.5 Å². The van der Waals surface area contributed by atoms with Crippen LogP contribution >= 0.6 is 0 Å². The summed E-state index contributed by atoms with van der Waals surface area (Å²) < 4.78 is 42.8. The molecule has 0 atom stereocenters. The van der Waals surface area contributed by atoms with Crippen LogP contribution in [0.1, 0.15) is 5.56 Å². The molecular formula is C16H15F3N10. The number of piperazine rings is 1. The molecule has 3 aromatic heterocycles. The topological polar surface area (TPSA) is 104 Å². The average Bonchev–Trinajstić information content (AvgIpc) is 3.38. The van der Waals surface area contributed by atoms with Crippen LogP contribution in [0.2, 0.25) is 0 Å². The third-order valence-corrected chi connectivity index (χ3v) is 5.04. The van der Waals surface area contributed by atoms with Crippen LogP contribution in [0, 0.1) is 0 Å². The predicted octanol–water partition coefficient (Wildman–Crippen LogP) is 1.23. The van der Waals surface area contributed by atoms with Crippen LogP contribution in [0.15, 0.2) is 18.5 Å². The van der Waals surface area contributed by atoms with Gasteiger partial charge in [-0.25, -0.2) is 4.98 Å². The van der Waals surface area contributed by atoms with E-state index in [0.717, 1.165) is 32.2 Å². The quantitative estimate of drug-likeness (QED) is 0.532. The van der Waals surface area contributed by atoms with Crippen molar-refractivity contribution in [3.63, 3.8) is 0 Å². The highest BCUT2D eigenvalue weighted by molar-refractivity contribution is 5.87. The second-order valence-electron chi connectivity index (χ2n) is 6.87. The highest BCUT2D eigenvalue weighted by atomic mass is 19.4. The van der Waals surface area contributed by atoms with Crippen molar-refractivity contribution in [2.24, 2.45) is 0 Å². The predicted molar refractivity (Wildman–Crippen MR) is 96.2 cm³/mol. The molecule has 150 valence electrons. The van der Waals surface area contributed by atoms with E-state index in [1.54, 1.807) is 0 Å². The molecule has 1 saturated heterocycles. The van der Waals surface area contributed by atoms with Gasteiger partial charge >= 0.3 is 6.18 Å². The van der Waals surface area contributed by atoms with Crippen molar-refractivity contribution >= 4 is 22.5 Å². The zero-order valence-corrected chi connectivity index (χ0v) is 15.2. The number of nitrogens with one attached hydrogen (secondary N) is 1. The monoisotopic (exact) mass is 404 g/mol. The van der Waals surface area contributed by atoms with E-state index in [-0.39, 0.29) is 16.9 Å². The van der Waals surface area contributed by atoms with Crippen LogP contribution in [0.25, 0.3) is 28.1 Å². The number of tetrazole rings is 1. The number of hydrogen-bond donors (Lipinski definition) is 1. The Bertz CT molecular complexity index is 1180. The van der Waals surface area contributed by atoms with Crippen molar-refractivity contribution in [3.05, 3.63) is 24.0 Å². The molecule has 4 heterocycles. The lowest BCUT2D eigenvalue weighted by Gasteiger charge is -2.33. The number of likely N-dealkylation sites (N-methyl/N-ethyl adjacent to an activating group) is 1. The average molecular weight is 404 g/mol. The van der Waals surface area contributed by atoms with E-state index >= 15 is 0 Å². The highest BCUT2D eigenvalue weighted by Gasteiger charge is 2.36.